The lowest BCUT2D eigenvalue weighted by Crippen LogP contribution is -2.30. The van der Waals surface area contributed by atoms with Gasteiger partial charge in [0.05, 0.1) is 8.95 Å². The third-order valence-electron chi connectivity index (χ3n) is 1.57. The van der Waals surface area contributed by atoms with Crippen molar-refractivity contribution in [3.8, 4) is 5.75 Å². The molecule has 0 radical (unpaired) electrons. The van der Waals surface area contributed by atoms with Crippen LogP contribution in [0.4, 0.5) is 0 Å². The maximum atomic E-state index is 10.7. The van der Waals surface area contributed by atoms with Crippen LogP contribution in [-0.2, 0) is 4.79 Å². The smallest absolute Gasteiger partial charge is 0.162 e. The normalized spacial score (nSPS) is 11.1. The molecular weight excluding hydrogens is 312 g/mol. The Labute approximate surface area is 99.9 Å². The lowest BCUT2D eigenvalue weighted by Gasteiger charge is -2.21. The lowest BCUT2D eigenvalue weighted by atomic mass is 10.2. The molecule has 0 unspecified atom stereocenters. The highest BCUT2D eigenvalue weighted by Crippen LogP contribution is 2.34. The minimum Gasteiger partial charge on any atom is -0.478 e. The maximum Gasteiger partial charge on any atom is 0.162 e. The summed E-state index contributed by atoms with van der Waals surface area (Å²) in [6, 6.07) is 5.61. The largest absolute Gasteiger partial charge is 0.478 e. The molecule has 0 aromatic heterocycles. The fourth-order valence-electron chi connectivity index (χ4n) is 0.867. The van der Waals surface area contributed by atoms with Crippen LogP contribution in [-0.4, -0.2) is 11.9 Å². The summed E-state index contributed by atoms with van der Waals surface area (Å²) in [6.07, 6.45) is 0.777. The van der Waals surface area contributed by atoms with Crippen molar-refractivity contribution in [1.29, 1.82) is 0 Å². The SMILES string of the molecule is CC(C)(C=O)Oc1c(Br)cccc1Br. The van der Waals surface area contributed by atoms with E-state index in [9.17, 15) is 4.79 Å². The van der Waals surface area contributed by atoms with Gasteiger partial charge < -0.3 is 4.74 Å². The van der Waals surface area contributed by atoms with E-state index in [1.165, 1.54) is 0 Å². The van der Waals surface area contributed by atoms with Crippen LogP contribution in [0.15, 0.2) is 27.1 Å². The van der Waals surface area contributed by atoms with Crippen LogP contribution in [0.1, 0.15) is 13.8 Å². The molecule has 0 aliphatic heterocycles. The second kappa shape index (κ2) is 4.45. The molecule has 1 aromatic carbocycles. The molecule has 0 N–H and O–H groups in total. The summed E-state index contributed by atoms with van der Waals surface area (Å²) in [4.78, 5) is 10.7. The van der Waals surface area contributed by atoms with E-state index in [-0.39, 0.29) is 0 Å². The first-order valence-corrected chi connectivity index (χ1v) is 5.64. The molecule has 1 aromatic rings. The predicted molar refractivity (Wildman–Crippen MR) is 62.6 cm³/mol. The summed E-state index contributed by atoms with van der Waals surface area (Å²) >= 11 is 6.72. The standard InChI is InChI=1S/C10H10Br2O2/c1-10(2,6-13)14-9-7(11)4-3-5-8(9)12/h3-6H,1-2H3. The van der Waals surface area contributed by atoms with Gasteiger partial charge in [0, 0.05) is 0 Å². The van der Waals surface area contributed by atoms with Crippen molar-refractivity contribution >= 4 is 38.1 Å². The van der Waals surface area contributed by atoms with E-state index in [2.05, 4.69) is 31.9 Å². The number of halogens is 2. The third kappa shape index (κ3) is 2.82. The second-order valence-corrected chi connectivity index (χ2v) is 5.08. The highest BCUT2D eigenvalue weighted by atomic mass is 79.9. The van der Waals surface area contributed by atoms with Gasteiger partial charge in [0.25, 0.3) is 0 Å². The number of benzene rings is 1. The van der Waals surface area contributed by atoms with Gasteiger partial charge in [-0.15, -0.1) is 0 Å². The molecule has 0 spiro atoms. The van der Waals surface area contributed by atoms with E-state index in [4.69, 9.17) is 4.74 Å². The van der Waals surface area contributed by atoms with E-state index in [1.807, 2.05) is 18.2 Å². The fourth-order valence-corrected chi connectivity index (χ4v) is 2.03. The first kappa shape index (κ1) is 11.7. The average Bonchev–Trinajstić information content (AvgIpc) is 2.12. The molecule has 0 heterocycles. The Morgan fingerprint density at radius 3 is 2.21 bits per heavy atom. The molecule has 76 valence electrons. The van der Waals surface area contributed by atoms with E-state index >= 15 is 0 Å². The van der Waals surface area contributed by atoms with E-state index < -0.39 is 5.60 Å². The van der Waals surface area contributed by atoms with Gasteiger partial charge in [-0.05, 0) is 57.8 Å². The van der Waals surface area contributed by atoms with Crippen molar-refractivity contribution in [3.05, 3.63) is 27.1 Å². The van der Waals surface area contributed by atoms with Crippen LogP contribution >= 0.6 is 31.9 Å². The Morgan fingerprint density at radius 1 is 1.29 bits per heavy atom. The minimum absolute atomic E-state index is 0.643. The van der Waals surface area contributed by atoms with Crippen molar-refractivity contribution in [1.82, 2.24) is 0 Å². The lowest BCUT2D eigenvalue weighted by molar-refractivity contribution is -0.119. The molecule has 0 aliphatic rings. The summed E-state index contributed by atoms with van der Waals surface area (Å²) in [5, 5.41) is 0. The highest BCUT2D eigenvalue weighted by molar-refractivity contribution is 9.11. The van der Waals surface area contributed by atoms with Crippen molar-refractivity contribution < 1.29 is 9.53 Å². The Kier molecular flexibility index (Phi) is 3.72. The molecular formula is C10H10Br2O2. The van der Waals surface area contributed by atoms with Gasteiger partial charge in [-0.2, -0.15) is 0 Å². The van der Waals surface area contributed by atoms with Crippen LogP contribution in [0.25, 0.3) is 0 Å². The second-order valence-electron chi connectivity index (χ2n) is 3.37. The fraction of sp³-hybridized carbons (Fsp3) is 0.300. The Morgan fingerprint density at radius 2 is 1.79 bits per heavy atom. The number of carbonyl (C=O) groups is 1. The Bertz CT molecular complexity index is 328. The zero-order valence-corrected chi connectivity index (χ0v) is 11.1. The van der Waals surface area contributed by atoms with Crippen molar-refractivity contribution in [2.45, 2.75) is 19.4 Å². The molecule has 4 heteroatoms. The number of hydrogen-bond donors (Lipinski definition) is 0. The molecule has 2 nitrogen and oxygen atoms in total. The van der Waals surface area contributed by atoms with E-state index in [1.54, 1.807) is 13.8 Å². The van der Waals surface area contributed by atoms with Gasteiger partial charge in [-0.3, -0.25) is 4.79 Å². The van der Waals surface area contributed by atoms with Crippen LogP contribution < -0.4 is 4.74 Å². The topological polar surface area (TPSA) is 26.3 Å². The molecule has 0 amide bonds. The predicted octanol–water partition coefficient (Wildman–Crippen LogP) is 3.57. The molecule has 14 heavy (non-hydrogen) atoms. The first-order chi connectivity index (χ1) is 6.46. The summed E-state index contributed by atoms with van der Waals surface area (Å²) in [7, 11) is 0. The average molecular weight is 322 g/mol. The molecule has 1 rings (SSSR count). The van der Waals surface area contributed by atoms with Gasteiger partial charge in [-0.1, -0.05) is 6.07 Å². The van der Waals surface area contributed by atoms with Crippen LogP contribution in [0, 0.1) is 0 Å². The van der Waals surface area contributed by atoms with Crippen LogP contribution in [0.2, 0.25) is 0 Å². The zero-order valence-electron chi connectivity index (χ0n) is 7.88. The van der Waals surface area contributed by atoms with Crippen LogP contribution in [0.3, 0.4) is 0 Å². The minimum atomic E-state index is -0.813. The Balaban J connectivity index is 3.02. The third-order valence-corrected chi connectivity index (χ3v) is 2.82. The number of ether oxygens (including phenoxy) is 1. The molecule has 0 saturated carbocycles. The molecule has 0 aliphatic carbocycles. The van der Waals surface area contributed by atoms with Gasteiger partial charge >= 0.3 is 0 Å². The number of hydrogen-bond acceptors (Lipinski definition) is 2. The summed E-state index contributed by atoms with van der Waals surface area (Å²) < 4.78 is 7.19. The zero-order chi connectivity index (χ0) is 10.8. The number of carbonyl (C=O) groups excluding carboxylic acids is 1. The summed E-state index contributed by atoms with van der Waals surface area (Å²) in [5.74, 6) is 0.643. The van der Waals surface area contributed by atoms with Crippen molar-refractivity contribution in [2.75, 3.05) is 0 Å². The molecule has 0 atom stereocenters. The molecule has 0 fully saturated rings. The highest BCUT2D eigenvalue weighted by Gasteiger charge is 2.20. The van der Waals surface area contributed by atoms with Crippen LogP contribution in [0.5, 0.6) is 5.75 Å². The van der Waals surface area contributed by atoms with Crippen molar-refractivity contribution in [3.63, 3.8) is 0 Å². The quantitative estimate of drug-likeness (QED) is 0.796. The monoisotopic (exact) mass is 320 g/mol. The summed E-state index contributed by atoms with van der Waals surface area (Å²) in [6.45, 7) is 3.43. The molecule has 0 saturated heterocycles. The van der Waals surface area contributed by atoms with E-state index in [0.717, 1.165) is 15.2 Å². The van der Waals surface area contributed by atoms with Gasteiger partial charge in [-0.25, -0.2) is 0 Å². The first-order valence-electron chi connectivity index (χ1n) is 4.05. The maximum absolute atomic E-state index is 10.7. The Hall–Kier alpha value is -0.350. The number of para-hydroxylation sites is 1. The van der Waals surface area contributed by atoms with Crippen molar-refractivity contribution in [2.24, 2.45) is 0 Å². The molecule has 0 bridgehead atoms. The van der Waals surface area contributed by atoms with Gasteiger partial charge in [0.15, 0.2) is 11.9 Å². The van der Waals surface area contributed by atoms with Gasteiger partial charge in [0.1, 0.15) is 5.75 Å². The number of aldehydes is 1. The number of rotatable bonds is 3. The van der Waals surface area contributed by atoms with E-state index in [0.29, 0.717) is 5.75 Å². The summed E-state index contributed by atoms with van der Waals surface area (Å²) in [5.41, 5.74) is -0.813. The van der Waals surface area contributed by atoms with Gasteiger partial charge in [0.2, 0.25) is 0 Å².